The van der Waals surface area contributed by atoms with Gasteiger partial charge in [0.25, 0.3) is 11.8 Å². The standard InChI is InChI=1S/C22H17ClF4N4O4/c23-14-3-1-12(5-15(14)24)33-7-17(32)29-21-9-20(10-21,11-21)19-31-30-18(35-19)8-34-13-2-4-16(28-6-13)22(25,26)27/h1-6H,7-11H2,(H,29,32). The van der Waals surface area contributed by atoms with Crippen molar-refractivity contribution in [2.24, 2.45) is 0 Å². The molecule has 2 bridgehead atoms. The number of hydrogen-bond acceptors (Lipinski definition) is 7. The summed E-state index contributed by atoms with van der Waals surface area (Å²) in [6.07, 6.45) is -1.70. The predicted molar refractivity (Wildman–Crippen MR) is 111 cm³/mol. The van der Waals surface area contributed by atoms with Gasteiger partial charge in [-0.15, -0.1) is 10.2 Å². The summed E-state index contributed by atoms with van der Waals surface area (Å²) in [4.78, 5) is 15.6. The number of alkyl halides is 3. The fraction of sp³-hybridized carbons (Fsp3) is 0.364. The molecule has 0 saturated heterocycles. The van der Waals surface area contributed by atoms with Crippen molar-refractivity contribution >= 4 is 17.5 Å². The van der Waals surface area contributed by atoms with Gasteiger partial charge >= 0.3 is 6.18 Å². The molecule has 0 aliphatic heterocycles. The topological polar surface area (TPSA) is 99.4 Å². The Morgan fingerprint density at radius 2 is 1.86 bits per heavy atom. The Balaban J connectivity index is 1.09. The number of carbonyl (C=O) groups excluding carboxylic acids is 1. The van der Waals surface area contributed by atoms with Gasteiger partial charge in [-0.25, -0.2) is 9.37 Å². The van der Waals surface area contributed by atoms with Gasteiger partial charge in [0.15, 0.2) is 13.2 Å². The van der Waals surface area contributed by atoms with Crippen LogP contribution in [0.15, 0.2) is 40.9 Å². The lowest BCUT2D eigenvalue weighted by molar-refractivity contribution is -0.143. The van der Waals surface area contributed by atoms with Gasteiger partial charge in [0.1, 0.15) is 23.0 Å². The van der Waals surface area contributed by atoms with Crippen molar-refractivity contribution in [2.45, 2.75) is 43.0 Å². The highest BCUT2D eigenvalue weighted by atomic mass is 35.5. The SMILES string of the molecule is O=C(COc1ccc(Cl)c(F)c1)NC12CC(c3nnc(COc4ccc(C(F)(F)F)nc4)o3)(C1)C2. The summed E-state index contributed by atoms with van der Waals surface area (Å²) in [5.74, 6) is -0.0426. The number of carbonyl (C=O) groups is 1. The minimum Gasteiger partial charge on any atom is -0.484 e. The molecule has 1 amide bonds. The molecule has 13 heteroatoms. The Hall–Kier alpha value is -3.41. The lowest BCUT2D eigenvalue weighted by Crippen LogP contribution is -2.77. The van der Waals surface area contributed by atoms with Crippen molar-refractivity contribution in [1.82, 2.24) is 20.5 Å². The van der Waals surface area contributed by atoms with E-state index in [2.05, 4.69) is 20.5 Å². The predicted octanol–water partition coefficient (Wildman–Crippen LogP) is 4.22. The molecule has 1 N–H and O–H groups in total. The molecule has 2 heterocycles. The van der Waals surface area contributed by atoms with Crippen LogP contribution in [0.1, 0.15) is 36.7 Å². The number of hydrogen-bond donors (Lipinski definition) is 1. The fourth-order valence-electron chi connectivity index (χ4n) is 4.50. The summed E-state index contributed by atoms with van der Waals surface area (Å²) in [5, 5.41) is 10.9. The third-order valence-corrected chi connectivity index (χ3v) is 6.31. The van der Waals surface area contributed by atoms with Crippen LogP contribution in [-0.2, 0) is 23.0 Å². The minimum atomic E-state index is -4.53. The third-order valence-electron chi connectivity index (χ3n) is 6.01. The summed E-state index contributed by atoms with van der Waals surface area (Å²) in [6, 6.07) is 5.91. The van der Waals surface area contributed by atoms with Crippen LogP contribution in [0, 0.1) is 5.82 Å². The molecule has 3 fully saturated rings. The van der Waals surface area contributed by atoms with E-state index in [1.807, 2.05) is 0 Å². The van der Waals surface area contributed by atoms with Gasteiger partial charge in [-0.2, -0.15) is 13.2 Å². The average Bonchev–Trinajstić information content (AvgIpc) is 3.23. The van der Waals surface area contributed by atoms with Crippen LogP contribution < -0.4 is 14.8 Å². The second-order valence-electron chi connectivity index (χ2n) is 8.67. The van der Waals surface area contributed by atoms with Crippen LogP contribution in [0.4, 0.5) is 17.6 Å². The molecule has 6 rings (SSSR count). The second-order valence-corrected chi connectivity index (χ2v) is 9.08. The number of rotatable bonds is 8. The molecule has 1 aromatic carbocycles. The molecule has 3 aliphatic carbocycles. The Labute approximate surface area is 200 Å². The number of amides is 1. The van der Waals surface area contributed by atoms with Crippen molar-refractivity contribution < 1.29 is 36.2 Å². The fourth-order valence-corrected chi connectivity index (χ4v) is 4.62. The zero-order valence-corrected chi connectivity index (χ0v) is 18.6. The van der Waals surface area contributed by atoms with Crippen LogP contribution in [-0.4, -0.2) is 33.2 Å². The Morgan fingerprint density at radius 1 is 1.11 bits per heavy atom. The Morgan fingerprint density at radius 3 is 2.51 bits per heavy atom. The number of ether oxygens (including phenoxy) is 2. The first kappa shape index (κ1) is 23.3. The van der Waals surface area contributed by atoms with Crippen molar-refractivity contribution in [2.75, 3.05) is 6.61 Å². The molecule has 3 aromatic rings. The van der Waals surface area contributed by atoms with E-state index in [1.165, 1.54) is 12.1 Å². The van der Waals surface area contributed by atoms with Gasteiger partial charge in [0.05, 0.1) is 16.6 Å². The molecule has 0 atom stereocenters. The number of nitrogens with one attached hydrogen (secondary N) is 1. The number of benzene rings is 1. The summed E-state index contributed by atoms with van der Waals surface area (Å²) in [7, 11) is 0. The van der Waals surface area contributed by atoms with E-state index in [-0.39, 0.29) is 52.5 Å². The zero-order chi connectivity index (χ0) is 24.8. The largest absolute Gasteiger partial charge is 0.484 e. The van der Waals surface area contributed by atoms with Gasteiger partial charge in [-0.1, -0.05) is 11.6 Å². The van der Waals surface area contributed by atoms with E-state index in [0.29, 0.717) is 25.2 Å². The van der Waals surface area contributed by atoms with Gasteiger partial charge in [0, 0.05) is 11.6 Å². The average molecular weight is 513 g/mol. The van der Waals surface area contributed by atoms with Crippen molar-refractivity contribution in [3.63, 3.8) is 0 Å². The smallest absolute Gasteiger partial charge is 0.433 e. The van der Waals surface area contributed by atoms with Crippen LogP contribution in [0.2, 0.25) is 5.02 Å². The van der Waals surface area contributed by atoms with Gasteiger partial charge < -0.3 is 19.2 Å². The Bertz CT molecular complexity index is 1250. The molecule has 3 saturated carbocycles. The first-order chi connectivity index (χ1) is 16.6. The number of aromatic nitrogens is 3. The van der Waals surface area contributed by atoms with Gasteiger partial charge in [-0.3, -0.25) is 4.79 Å². The normalized spacial score (nSPS) is 22.7. The van der Waals surface area contributed by atoms with Crippen molar-refractivity contribution in [3.8, 4) is 11.5 Å². The van der Waals surface area contributed by atoms with Crippen LogP contribution >= 0.6 is 11.6 Å². The number of nitrogens with zero attached hydrogens (tertiary/aromatic N) is 3. The zero-order valence-electron chi connectivity index (χ0n) is 17.9. The highest BCUT2D eigenvalue weighted by molar-refractivity contribution is 6.30. The summed E-state index contributed by atoms with van der Waals surface area (Å²) in [6.45, 7) is -0.392. The van der Waals surface area contributed by atoms with Crippen molar-refractivity contribution in [1.29, 1.82) is 0 Å². The minimum absolute atomic E-state index is 0.0340. The first-order valence-corrected chi connectivity index (χ1v) is 10.8. The van der Waals surface area contributed by atoms with Crippen LogP contribution in [0.25, 0.3) is 0 Å². The second kappa shape index (κ2) is 8.36. The van der Waals surface area contributed by atoms with Gasteiger partial charge in [-0.05, 0) is 43.5 Å². The van der Waals surface area contributed by atoms with Gasteiger partial charge in [0.2, 0.25) is 5.89 Å². The number of halogens is 5. The maximum absolute atomic E-state index is 13.5. The highest BCUT2D eigenvalue weighted by Crippen LogP contribution is 2.67. The molecular weight excluding hydrogens is 496 g/mol. The molecule has 3 aliphatic rings. The summed E-state index contributed by atoms with van der Waals surface area (Å²) < 4.78 is 67.5. The van der Waals surface area contributed by atoms with E-state index in [4.69, 9.17) is 25.5 Å². The van der Waals surface area contributed by atoms with Crippen molar-refractivity contribution in [3.05, 3.63) is 64.8 Å². The van der Waals surface area contributed by atoms with Crippen LogP contribution in [0.3, 0.4) is 0 Å². The maximum atomic E-state index is 13.5. The molecule has 2 aromatic heterocycles. The molecule has 0 unspecified atom stereocenters. The van der Waals surface area contributed by atoms with E-state index in [0.717, 1.165) is 24.4 Å². The van der Waals surface area contributed by atoms with E-state index in [9.17, 15) is 22.4 Å². The maximum Gasteiger partial charge on any atom is 0.433 e. The number of pyridine rings is 1. The molecule has 8 nitrogen and oxygen atoms in total. The molecule has 0 spiro atoms. The monoisotopic (exact) mass is 512 g/mol. The summed E-state index contributed by atoms with van der Waals surface area (Å²) >= 11 is 5.62. The van der Waals surface area contributed by atoms with Crippen LogP contribution in [0.5, 0.6) is 11.5 Å². The van der Waals surface area contributed by atoms with E-state index >= 15 is 0 Å². The lowest BCUT2D eigenvalue weighted by atomic mass is 9.39. The summed E-state index contributed by atoms with van der Waals surface area (Å²) in [5.41, 5.74) is -1.71. The molecule has 184 valence electrons. The van der Waals surface area contributed by atoms with E-state index < -0.39 is 17.7 Å². The Kier molecular flexibility index (Phi) is 5.58. The quantitative estimate of drug-likeness (QED) is 0.451. The molecule has 35 heavy (non-hydrogen) atoms. The van der Waals surface area contributed by atoms with E-state index in [1.54, 1.807) is 0 Å². The third kappa shape index (κ3) is 4.62. The lowest BCUT2D eigenvalue weighted by Gasteiger charge is -2.68. The first-order valence-electron chi connectivity index (χ1n) is 10.4. The molecule has 0 radical (unpaired) electrons. The highest BCUT2D eigenvalue weighted by Gasteiger charge is 2.71. The molecular formula is C22H17ClF4N4O4.